The van der Waals surface area contributed by atoms with Crippen LogP contribution in [-0.4, -0.2) is 60.9 Å². The smallest absolute Gasteiger partial charge is 0.371 e. The molecule has 1 unspecified atom stereocenters. The minimum Gasteiger partial charge on any atom is -0.371 e. The van der Waals surface area contributed by atoms with Gasteiger partial charge in [0.2, 0.25) is 0 Å². The average molecular weight is 205 g/mol. The van der Waals surface area contributed by atoms with Gasteiger partial charge in [-0.3, -0.25) is 5.73 Å². The minimum absolute atomic E-state index is 2.03. The summed E-state index contributed by atoms with van der Waals surface area (Å²) in [5.74, 6) is -3.17. The standard InChI is InChI=1S/C2H7NO4.H4O4Si/c3-1(4)2(5,6)7;1-5(2,3)4/h1,4-7H,3H2;1-4H. The molecule has 0 heterocycles. The van der Waals surface area contributed by atoms with Gasteiger partial charge in [-0.05, 0) is 0 Å². The van der Waals surface area contributed by atoms with Crippen LogP contribution in [0, 0.1) is 0 Å². The Kier molecular flexibility index (Phi) is 5.73. The quantitative estimate of drug-likeness (QED) is 0.148. The number of hydrogen-bond donors (Lipinski definition) is 9. The van der Waals surface area contributed by atoms with E-state index in [0.717, 1.165) is 0 Å². The number of rotatable bonds is 1. The molecule has 0 saturated heterocycles. The summed E-state index contributed by atoms with van der Waals surface area (Å²) in [5, 5.41) is 31.4. The summed E-state index contributed by atoms with van der Waals surface area (Å²) in [6.45, 7) is 0. The second-order valence-electron chi connectivity index (χ2n) is 1.73. The normalized spacial score (nSPS) is 14.8. The summed E-state index contributed by atoms with van der Waals surface area (Å²) >= 11 is 0. The van der Waals surface area contributed by atoms with E-state index in [1.807, 2.05) is 0 Å². The zero-order chi connectivity index (χ0) is 10.6. The lowest BCUT2D eigenvalue weighted by molar-refractivity contribution is -0.353. The van der Waals surface area contributed by atoms with Crippen LogP contribution in [0.4, 0.5) is 0 Å². The molecule has 0 radical (unpaired) electrons. The molecular formula is C2H11NO8Si. The maximum Gasteiger partial charge on any atom is 0.668 e. The fraction of sp³-hybridized carbons (Fsp3) is 1.00. The second-order valence-corrected chi connectivity index (χ2v) is 2.93. The molecule has 1 atom stereocenters. The molecule has 9 nitrogen and oxygen atoms in total. The average Bonchev–Trinajstić information content (AvgIpc) is 1.55. The molecule has 0 amide bonds. The Balaban J connectivity index is 0. The molecule has 0 fully saturated rings. The van der Waals surface area contributed by atoms with E-state index in [2.05, 4.69) is 5.73 Å². The lowest BCUT2D eigenvalue weighted by Gasteiger charge is -2.15. The molecule has 0 aliphatic heterocycles. The van der Waals surface area contributed by atoms with Crippen molar-refractivity contribution in [3.63, 3.8) is 0 Å². The molecule has 10 heteroatoms. The van der Waals surface area contributed by atoms with Gasteiger partial charge in [0.25, 0.3) is 0 Å². The van der Waals surface area contributed by atoms with Crippen LogP contribution >= 0.6 is 0 Å². The van der Waals surface area contributed by atoms with Gasteiger partial charge in [-0.2, -0.15) is 0 Å². The van der Waals surface area contributed by atoms with Gasteiger partial charge in [0.1, 0.15) is 0 Å². The van der Waals surface area contributed by atoms with E-state index in [9.17, 15) is 0 Å². The zero-order valence-electron chi connectivity index (χ0n) is 5.73. The predicted octanol–water partition coefficient (Wildman–Crippen LogP) is -5.71. The molecular weight excluding hydrogens is 194 g/mol. The first-order valence-corrected chi connectivity index (χ1v) is 4.23. The highest BCUT2D eigenvalue weighted by molar-refractivity contribution is 6.46. The fourth-order valence-corrected chi connectivity index (χ4v) is 0. The van der Waals surface area contributed by atoms with Gasteiger partial charge in [0.05, 0.1) is 0 Å². The summed E-state index contributed by atoms with van der Waals surface area (Å²) in [6, 6.07) is 0. The van der Waals surface area contributed by atoms with Crippen LogP contribution in [0.1, 0.15) is 0 Å². The van der Waals surface area contributed by atoms with E-state index in [1.165, 1.54) is 0 Å². The Morgan fingerprint density at radius 1 is 1.00 bits per heavy atom. The van der Waals surface area contributed by atoms with Crippen molar-refractivity contribution in [2.75, 3.05) is 0 Å². The Labute approximate surface area is 67.7 Å². The van der Waals surface area contributed by atoms with Gasteiger partial charge in [0, 0.05) is 0 Å². The van der Waals surface area contributed by atoms with Gasteiger partial charge in [-0.1, -0.05) is 0 Å². The van der Waals surface area contributed by atoms with Crippen LogP contribution in [0.3, 0.4) is 0 Å². The summed E-state index contributed by atoms with van der Waals surface area (Å²) < 4.78 is 0. The Morgan fingerprint density at radius 3 is 1.08 bits per heavy atom. The monoisotopic (exact) mass is 205 g/mol. The van der Waals surface area contributed by atoms with E-state index in [0.29, 0.717) is 0 Å². The first kappa shape index (κ1) is 14.4. The number of aliphatic hydroxyl groups is 4. The molecule has 76 valence electrons. The maximum absolute atomic E-state index is 7.92. The molecule has 0 aromatic heterocycles. The van der Waals surface area contributed by atoms with Gasteiger partial charge in [-0.15, -0.1) is 0 Å². The molecule has 10 N–H and O–H groups in total. The molecule has 0 aromatic rings. The Hall–Kier alpha value is -0.143. The van der Waals surface area contributed by atoms with Crippen LogP contribution in [0.2, 0.25) is 0 Å². The molecule has 12 heavy (non-hydrogen) atoms. The van der Waals surface area contributed by atoms with Crippen LogP contribution in [0.15, 0.2) is 0 Å². The van der Waals surface area contributed by atoms with Crippen LogP contribution in [0.25, 0.3) is 0 Å². The zero-order valence-corrected chi connectivity index (χ0v) is 6.73. The van der Waals surface area contributed by atoms with E-state index in [4.69, 9.17) is 39.6 Å². The molecule has 0 spiro atoms. The summed E-state index contributed by atoms with van der Waals surface area (Å²) in [5.41, 5.74) is 4.38. The maximum atomic E-state index is 7.92. The molecule has 0 bridgehead atoms. The van der Waals surface area contributed by atoms with Crippen molar-refractivity contribution in [2.45, 2.75) is 12.2 Å². The molecule has 0 rings (SSSR count). The highest BCUT2D eigenvalue weighted by atomic mass is 28.4. The van der Waals surface area contributed by atoms with Gasteiger partial charge >= 0.3 is 15.0 Å². The SMILES string of the molecule is NC(O)C(O)(O)O.O[Si](O)(O)O. The van der Waals surface area contributed by atoms with E-state index < -0.39 is 21.2 Å². The van der Waals surface area contributed by atoms with Crippen molar-refractivity contribution in [1.29, 1.82) is 0 Å². The highest BCUT2D eigenvalue weighted by Crippen LogP contribution is 1.92. The third-order valence-electron chi connectivity index (χ3n) is 0.397. The summed E-state index contributed by atoms with van der Waals surface area (Å²) in [6.07, 6.45) is -2.03. The predicted molar refractivity (Wildman–Crippen MR) is 34.2 cm³/mol. The Bertz CT molecular complexity index is 107. The van der Waals surface area contributed by atoms with Gasteiger partial charge in [0.15, 0.2) is 6.23 Å². The van der Waals surface area contributed by atoms with Crippen molar-refractivity contribution >= 4 is 9.05 Å². The topological polar surface area (TPSA) is 188 Å². The first-order valence-electron chi connectivity index (χ1n) is 2.45. The van der Waals surface area contributed by atoms with E-state index >= 15 is 0 Å². The first-order chi connectivity index (χ1) is 4.94. The van der Waals surface area contributed by atoms with Crippen LogP contribution in [0.5, 0.6) is 0 Å². The summed E-state index contributed by atoms with van der Waals surface area (Å²) in [7, 11) is -4.61. The lowest BCUT2D eigenvalue weighted by Crippen LogP contribution is -2.47. The van der Waals surface area contributed by atoms with Gasteiger partial charge < -0.3 is 39.6 Å². The minimum atomic E-state index is -4.61. The number of nitrogens with two attached hydrogens (primary N) is 1. The fourth-order valence-electron chi connectivity index (χ4n) is 0. The van der Waals surface area contributed by atoms with Crippen molar-refractivity contribution in [3.8, 4) is 0 Å². The highest BCUT2D eigenvalue weighted by Gasteiger charge is 2.25. The van der Waals surface area contributed by atoms with Gasteiger partial charge in [-0.25, -0.2) is 0 Å². The van der Waals surface area contributed by atoms with Crippen molar-refractivity contribution in [1.82, 2.24) is 0 Å². The lowest BCUT2D eigenvalue weighted by atomic mass is 10.5. The Morgan fingerprint density at radius 2 is 1.08 bits per heavy atom. The second kappa shape index (κ2) is 4.78. The largest absolute Gasteiger partial charge is 0.668 e. The molecule has 0 saturated carbocycles. The van der Waals surface area contributed by atoms with Crippen LogP contribution in [-0.2, 0) is 0 Å². The number of aliphatic hydroxyl groups excluding tert-OH is 1. The van der Waals surface area contributed by atoms with Crippen molar-refractivity contribution in [2.24, 2.45) is 5.73 Å². The molecule has 0 aliphatic rings. The molecule has 0 aromatic carbocycles. The van der Waals surface area contributed by atoms with E-state index in [1.54, 1.807) is 0 Å². The van der Waals surface area contributed by atoms with Crippen molar-refractivity contribution in [3.05, 3.63) is 0 Å². The van der Waals surface area contributed by atoms with Crippen LogP contribution < -0.4 is 5.73 Å². The molecule has 0 aliphatic carbocycles. The third kappa shape index (κ3) is 22.5. The van der Waals surface area contributed by atoms with E-state index in [-0.39, 0.29) is 0 Å². The third-order valence-corrected chi connectivity index (χ3v) is 0.397. The number of hydrogen-bond acceptors (Lipinski definition) is 9. The van der Waals surface area contributed by atoms with Crippen molar-refractivity contribution < 1.29 is 39.6 Å². The summed E-state index contributed by atoms with van der Waals surface area (Å²) in [4.78, 5) is 29.3.